The molecule has 2 rings (SSSR count). The Morgan fingerprint density at radius 2 is 2.00 bits per heavy atom. The molecule has 0 aromatic heterocycles. The Bertz CT molecular complexity index is 411. The van der Waals surface area contributed by atoms with Gasteiger partial charge in [-0.25, -0.2) is 8.42 Å². The van der Waals surface area contributed by atoms with Crippen LogP contribution in [0.2, 0.25) is 0 Å². The molecule has 3 unspecified atom stereocenters. The van der Waals surface area contributed by atoms with E-state index < -0.39 is 9.84 Å². The average Bonchev–Trinajstić information content (AvgIpc) is 2.38. The van der Waals surface area contributed by atoms with E-state index in [9.17, 15) is 8.42 Å². The molecule has 4 nitrogen and oxygen atoms in total. The van der Waals surface area contributed by atoms with Crippen molar-refractivity contribution < 1.29 is 13.2 Å². The summed E-state index contributed by atoms with van der Waals surface area (Å²) in [6.45, 7) is 0. The fourth-order valence-electron chi connectivity index (χ4n) is 3.90. The van der Waals surface area contributed by atoms with Crippen LogP contribution in [0.3, 0.4) is 0 Å². The van der Waals surface area contributed by atoms with Crippen LogP contribution >= 0.6 is 0 Å². The molecular formula is C15H29NO3S. The van der Waals surface area contributed by atoms with Gasteiger partial charge < -0.3 is 10.1 Å². The summed E-state index contributed by atoms with van der Waals surface area (Å²) in [5.74, 6) is 0.459. The second-order valence-corrected chi connectivity index (χ2v) is 9.04. The number of methoxy groups -OCH3 is 1. The molecule has 0 heterocycles. The van der Waals surface area contributed by atoms with E-state index in [1.807, 2.05) is 14.2 Å². The molecule has 0 aromatic rings. The smallest absolute Gasteiger partial charge is 0.150 e. The predicted octanol–water partition coefficient (Wildman–Crippen LogP) is 2.14. The first kappa shape index (κ1) is 16.2. The Morgan fingerprint density at radius 1 is 1.30 bits per heavy atom. The van der Waals surface area contributed by atoms with Crippen molar-refractivity contribution in [2.75, 3.05) is 20.4 Å². The number of nitrogens with one attached hydrogen (secondary N) is 1. The van der Waals surface area contributed by atoms with Crippen LogP contribution in [0.4, 0.5) is 0 Å². The highest BCUT2D eigenvalue weighted by Crippen LogP contribution is 2.42. The Kier molecular flexibility index (Phi) is 5.14. The van der Waals surface area contributed by atoms with Crippen LogP contribution in [0.5, 0.6) is 0 Å². The molecule has 3 atom stereocenters. The predicted molar refractivity (Wildman–Crippen MR) is 81.6 cm³/mol. The molecule has 0 spiro atoms. The highest BCUT2D eigenvalue weighted by atomic mass is 32.2. The average molecular weight is 303 g/mol. The Balaban J connectivity index is 2.00. The van der Waals surface area contributed by atoms with Crippen molar-refractivity contribution >= 4 is 9.84 Å². The third-order valence-electron chi connectivity index (χ3n) is 5.50. The summed E-state index contributed by atoms with van der Waals surface area (Å²) < 4.78 is 29.3. The lowest BCUT2D eigenvalue weighted by Crippen LogP contribution is -2.49. The summed E-state index contributed by atoms with van der Waals surface area (Å²) >= 11 is 0. The fraction of sp³-hybridized carbons (Fsp3) is 1.00. The van der Waals surface area contributed by atoms with Crippen LogP contribution in [0.25, 0.3) is 0 Å². The van der Waals surface area contributed by atoms with E-state index in [1.165, 1.54) is 12.7 Å². The maximum Gasteiger partial charge on any atom is 0.150 e. The molecule has 1 N–H and O–H groups in total. The Labute approximate surface area is 123 Å². The lowest BCUT2D eigenvalue weighted by Gasteiger charge is -2.45. The summed E-state index contributed by atoms with van der Waals surface area (Å²) in [6.07, 6.45) is 9.75. The van der Waals surface area contributed by atoms with Gasteiger partial charge in [-0.15, -0.1) is 0 Å². The second-order valence-electron chi connectivity index (χ2n) is 6.72. The molecule has 2 aliphatic carbocycles. The van der Waals surface area contributed by atoms with E-state index >= 15 is 0 Å². The number of hydrogen-bond acceptors (Lipinski definition) is 4. The van der Waals surface area contributed by atoms with Gasteiger partial charge in [-0.2, -0.15) is 0 Å². The van der Waals surface area contributed by atoms with Crippen LogP contribution in [0.1, 0.15) is 51.4 Å². The van der Waals surface area contributed by atoms with Crippen molar-refractivity contribution in [1.82, 2.24) is 5.32 Å². The van der Waals surface area contributed by atoms with Gasteiger partial charge in [-0.3, -0.25) is 0 Å². The third kappa shape index (κ3) is 3.55. The molecule has 2 fully saturated rings. The lowest BCUT2D eigenvalue weighted by molar-refractivity contribution is -0.0873. The van der Waals surface area contributed by atoms with Crippen molar-refractivity contribution in [2.24, 2.45) is 5.92 Å². The fourth-order valence-corrected chi connectivity index (χ4v) is 5.09. The third-order valence-corrected chi connectivity index (χ3v) is 7.14. The zero-order chi connectivity index (χ0) is 14.8. The molecule has 2 aliphatic rings. The van der Waals surface area contributed by atoms with Gasteiger partial charge >= 0.3 is 0 Å². The number of sulfone groups is 1. The normalized spacial score (nSPS) is 31.6. The molecule has 2 saturated carbocycles. The first-order valence-electron chi connectivity index (χ1n) is 7.81. The first-order valence-corrected chi connectivity index (χ1v) is 9.77. The Hall–Kier alpha value is -0.130. The van der Waals surface area contributed by atoms with Gasteiger partial charge in [0.15, 0.2) is 0 Å². The highest BCUT2D eigenvalue weighted by molar-refractivity contribution is 7.91. The number of hydrogen-bond donors (Lipinski definition) is 1. The van der Waals surface area contributed by atoms with Gasteiger partial charge in [0.05, 0.1) is 10.9 Å². The van der Waals surface area contributed by atoms with E-state index in [1.54, 1.807) is 0 Å². The van der Waals surface area contributed by atoms with Gasteiger partial charge in [-0.05, 0) is 57.9 Å². The summed E-state index contributed by atoms with van der Waals surface area (Å²) in [6, 6.07) is 0.375. The quantitative estimate of drug-likeness (QED) is 0.817. The summed E-state index contributed by atoms with van der Waals surface area (Å²) in [7, 11) is 0.908. The van der Waals surface area contributed by atoms with E-state index in [0.717, 1.165) is 44.9 Å². The maximum absolute atomic E-state index is 11.8. The largest absolute Gasteiger partial charge is 0.378 e. The number of rotatable bonds is 6. The van der Waals surface area contributed by atoms with Crippen molar-refractivity contribution in [3.8, 4) is 0 Å². The molecule has 0 aromatic carbocycles. The molecular weight excluding hydrogens is 274 g/mol. The van der Waals surface area contributed by atoms with Crippen LogP contribution < -0.4 is 5.32 Å². The minimum absolute atomic E-state index is 0.0473. The highest BCUT2D eigenvalue weighted by Gasteiger charge is 2.41. The molecule has 0 aliphatic heterocycles. The van der Waals surface area contributed by atoms with Crippen LogP contribution in [-0.4, -0.2) is 45.7 Å². The molecule has 0 saturated heterocycles. The van der Waals surface area contributed by atoms with Crippen LogP contribution in [0, 0.1) is 5.92 Å². The van der Waals surface area contributed by atoms with E-state index in [4.69, 9.17) is 4.74 Å². The van der Waals surface area contributed by atoms with Crippen LogP contribution in [0.15, 0.2) is 0 Å². The minimum Gasteiger partial charge on any atom is -0.378 e. The summed E-state index contributed by atoms with van der Waals surface area (Å²) in [4.78, 5) is 0. The summed E-state index contributed by atoms with van der Waals surface area (Å²) in [5.41, 5.74) is 0.0473. The van der Waals surface area contributed by atoms with Gasteiger partial charge in [0.25, 0.3) is 0 Å². The molecule has 118 valence electrons. The van der Waals surface area contributed by atoms with E-state index in [0.29, 0.717) is 12.0 Å². The van der Waals surface area contributed by atoms with Crippen LogP contribution in [-0.2, 0) is 14.6 Å². The molecule has 0 amide bonds. The molecule has 20 heavy (non-hydrogen) atoms. The van der Waals surface area contributed by atoms with Gasteiger partial charge in [-0.1, -0.05) is 6.42 Å². The maximum atomic E-state index is 11.8. The molecule has 5 heteroatoms. The second kappa shape index (κ2) is 6.32. The molecule has 0 radical (unpaired) electrons. The van der Waals surface area contributed by atoms with E-state index in [2.05, 4.69) is 5.32 Å². The summed E-state index contributed by atoms with van der Waals surface area (Å²) in [5, 5.41) is 3.29. The topological polar surface area (TPSA) is 55.4 Å². The number of ether oxygens (including phenoxy) is 1. The van der Waals surface area contributed by atoms with Crippen molar-refractivity contribution in [2.45, 2.75) is 68.3 Å². The van der Waals surface area contributed by atoms with Crippen molar-refractivity contribution in [3.63, 3.8) is 0 Å². The first-order chi connectivity index (χ1) is 9.40. The van der Waals surface area contributed by atoms with Gasteiger partial charge in [0, 0.05) is 19.4 Å². The van der Waals surface area contributed by atoms with Crippen molar-refractivity contribution in [3.05, 3.63) is 0 Å². The monoisotopic (exact) mass is 303 g/mol. The minimum atomic E-state index is -2.90. The van der Waals surface area contributed by atoms with E-state index in [-0.39, 0.29) is 10.9 Å². The standard InChI is InChI=1S/C15H29NO3S/c1-16-14(11-15(19-2)8-5-9-15)12-6-4-7-13(10-12)20(3,17)18/h12-14,16H,4-11H2,1-3H3. The zero-order valence-electron chi connectivity index (χ0n) is 13.0. The molecule has 0 bridgehead atoms. The SMILES string of the molecule is CNC(CC1(OC)CCC1)C1CCCC(S(C)(=O)=O)C1. The van der Waals surface area contributed by atoms with Gasteiger partial charge in [0.2, 0.25) is 0 Å². The Morgan fingerprint density at radius 3 is 2.45 bits per heavy atom. The lowest BCUT2D eigenvalue weighted by atomic mass is 9.71. The van der Waals surface area contributed by atoms with Crippen molar-refractivity contribution in [1.29, 1.82) is 0 Å². The zero-order valence-corrected chi connectivity index (χ0v) is 13.8. The van der Waals surface area contributed by atoms with Gasteiger partial charge in [0.1, 0.15) is 9.84 Å².